The van der Waals surface area contributed by atoms with Crippen LogP contribution in [0.2, 0.25) is 5.02 Å². The molecule has 88 valence electrons. The lowest BCUT2D eigenvalue weighted by Gasteiger charge is -2.16. The summed E-state index contributed by atoms with van der Waals surface area (Å²) < 4.78 is 0. The topological polar surface area (TPSA) is 38.0 Å². The van der Waals surface area contributed by atoms with Crippen LogP contribution in [-0.2, 0) is 0 Å². The van der Waals surface area contributed by atoms with Crippen molar-refractivity contribution < 1.29 is 0 Å². The highest BCUT2D eigenvalue weighted by Gasteiger charge is 2.07. The van der Waals surface area contributed by atoms with Gasteiger partial charge in [-0.1, -0.05) is 41.9 Å². The Hall–Kier alpha value is -1.67. The van der Waals surface area contributed by atoms with Gasteiger partial charge in [0.25, 0.3) is 0 Å². The molecular weight excluding hydrogens is 232 g/mol. The minimum atomic E-state index is 0.206. The fourth-order valence-corrected chi connectivity index (χ4v) is 1.95. The third kappa shape index (κ3) is 2.92. The monoisotopic (exact) mass is 246 g/mol. The first-order valence-corrected chi connectivity index (χ1v) is 5.91. The third-order valence-corrected chi connectivity index (χ3v) is 2.98. The molecule has 0 saturated heterocycles. The lowest BCUT2D eigenvalue weighted by molar-refractivity contribution is 0.885. The van der Waals surface area contributed by atoms with E-state index in [0.717, 1.165) is 5.69 Å². The van der Waals surface area contributed by atoms with Crippen LogP contribution in [0.5, 0.6) is 0 Å². The Morgan fingerprint density at radius 1 is 1.12 bits per heavy atom. The highest BCUT2D eigenvalue weighted by Crippen LogP contribution is 2.27. The van der Waals surface area contributed by atoms with Crippen LogP contribution in [-0.4, -0.2) is 0 Å². The van der Waals surface area contributed by atoms with Crippen molar-refractivity contribution in [1.82, 2.24) is 0 Å². The molecule has 0 spiro atoms. The van der Waals surface area contributed by atoms with Gasteiger partial charge in [-0.15, -0.1) is 0 Å². The van der Waals surface area contributed by atoms with E-state index in [-0.39, 0.29) is 6.04 Å². The predicted molar refractivity (Wildman–Crippen MR) is 74.3 cm³/mol. The standard InChI is InChI=1S/C14H15ClN2/c1-10(11-5-3-2-4-6-11)17-14-8-7-12(16)9-13(14)15/h2-10,17H,16H2,1H3/t10-/m0/s1. The van der Waals surface area contributed by atoms with E-state index in [1.54, 1.807) is 6.07 Å². The fourth-order valence-electron chi connectivity index (χ4n) is 1.71. The molecule has 0 heterocycles. The molecule has 17 heavy (non-hydrogen) atoms. The Balaban J connectivity index is 2.16. The van der Waals surface area contributed by atoms with Crippen LogP contribution in [0.15, 0.2) is 48.5 Å². The number of nitrogens with two attached hydrogens (primary N) is 1. The Kier molecular flexibility index (Phi) is 3.55. The van der Waals surface area contributed by atoms with Gasteiger partial charge in [0.05, 0.1) is 10.7 Å². The van der Waals surface area contributed by atoms with Crippen LogP contribution < -0.4 is 11.1 Å². The van der Waals surface area contributed by atoms with Crippen LogP contribution >= 0.6 is 11.6 Å². The van der Waals surface area contributed by atoms with Crippen molar-refractivity contribution in [2.75, 3.05) is 11.1 Å². The highest BCUT2D eigenvalue weighted by atomic mass is 35.5. The molecule has 1 atom stereocenters. The summed E-state index contributed by atoms with van der Waals surface area (Å²) >= 11 is 6.12. The van der Waals surface area contributed by atoms with E-state index >= 15 is 0 Å². The van der Waals surface area contributed by atoms with Gasteiger partial charge in [-0.25, -0.2) is 0 Å². The van der Waals surface area contributed by atoms with Gasteiger partial charge in [-0.3, -0.25) is 0 Å². The summed E-state index contributed by atoms with van der Waals surface area (Å²) in [5.41, 5.74) is 8.45. The van der Waals surface area contributed by atoms with Gasteiger partial charge >= 0.3 is 0 Å². The first-order valence-electron chi connectivity index (χ1n) is 5.53. The minimum Gasteiger partial charge on any atom is -0.399 e. The summed E-state index contributed by atoms with van der Waals surface area (Å²) in [6.45, 7) is 2.10. The maximum atomic E-state index is 6.12. The Morgan fingerprint density at radius 2 is 1.82 bits per heavy atom. The molecule has 0 aliphatic heterocycles. The molecule has 0 aromatic heterocycles. The number of nitrogens with one attached hydrogen (secondary N) is 1. The molecule has 0 aliphatic rings. The van der Waals surface area contributed by atoms with E-state index in [1.165, 1.54) is 5.56 Å². The molecule has 0 amide bonds. The van der Waals surface area contributed by atoms with Gasteiger partial charge in [0, 0.05) is 11.7 Å². The van der Waals surface area contributed by atoms with E-state index < -0.39 is 0 Å². The number of halogens is 1. The lowest BCUT2D eigenvalue weighted by atomic mass is 10.1. The van der Waals surface area contributed by atoms with Crippen molar-refractivity contribution in [2.45, 2.75) is 13.0 Å². The number of rotatable bonds is 3. The molecule has 0 bridgehead atoms. The molecule has 2 aromatic rings. The van der Waals surface area contributed by atoms with Crippen LogP contribution in [0.25, 0.3) is 0 Å². The molecule has 0 radical (unpaired) electrons. The van der Waals surface area contributed by atoms with E-state index in [1.807, 2.05) is 30.3 Å². The molecule has 0 unspecified atom stereocenters. The first-order chi connectivity index (χ1) is 8.16. The van der Waals surface area contributed by atoms with E-state index in [2.05, 4.69) is 24.4 Å². The van der Waals surface area contributed by atoms with Crippen LogP contribution in [0.3, 0.4) is 0 Å². The maximum Gasteiger partial charge on any atom is 0.0658 e. The molecule has 0 aliphatic carbocycles. The molecule has 0 fully saturated rings. The lowest BCUT2D eigenvalue weighted by Crippen LogP contribution is -2.06. The zero-order valence-electron chi connectivity index (χ0n) is 9.65. The molecular formula is C14H15ClN2. The van der Waals surface area contributed by atoms with Crippen molar-refractivity contribution in [2.24, 2.45) is 0 Å². The van der Waals surface area contributed by atoms with Gasteiger partial charge < -0.3 is 11.1 Å². The summed E-state index contributed by atoms with van der Waals surface area (Å²) in [6.07, 6.45) is 0. The van der Waals surface area contributed by atoms with Crippen LogP contribution in [0, 0.1) is 0 Å². The summed E-state index contributed by atoms with van der Waals surface area (Å²) in [7, 11) is 0. The van der Waals surface area contributed by atoms with Crippen molar-refractivity contribution in [3.05, 3.63) is 59.1 Å². The van der Waals surface area contributed by atoms with Crippen LogP contribution in [0.4, 0.5) is 11.4 Å². The molecule has 2 nitrogen and oxygen atoms in total. The van der Waals surface area contributed by atoms with Crippen LogP contribution in [0.1, 0.15) is 18.5 Å². The smallest absolute Gasteiger partial charge is 0.0658 e. The molecule has 2 aromatic carbocycles. The summed E-state index contributed by atoms with van der Waals surface area (Å²) in [5, 5.41) is 4.01. The quantitative estimate of drug-likeness (QED) is 0.801. The van der Waals surface area contributed by atoms with Gasteiger partial charge in [-0.2, -0.15) is 0 Å². The normalized spacial score (nSPS) is 12.1. The zero-order chi connectivity index (χ0) is 12.3. The van der Waals surface area contributed by atoms with Gasteiger partial charge in [0.15, 0.2) is 0 Å². The SMILES string of the molecule is C[C@H](Nc1ccc(N)cc1Cl)c1ccccc1. The minimum absolute atomic E-state index is 0.206. The molecule has 2 rings (SSSR count). The average Bonchev–Trinajstić information content (AvgIpc) is 2.34. The van der Waals surface area contributed by atoms with Gasteiger partial charge in [0.2, 0.25) is 0 Å². The van der Waals surface area contributed by atoms with Crippen molar-refractivity contribution in [3.63, 3.8) is 0 Å². The largest absolute Gasteiger partial charge is 0.399 e. The number of anilines is 2. The first kappa shape index (κ1) is 11.8. The van der Waals surface area contributed by atoms with E-state index in [0.29, 0.717) is 10.7 Å². The zero-order valence-corrected chi connectivity index (χ0v) is 10.4. The second-order valence-electron chi connectivity index (χ2n) is 4.02. The summed E-state index contributed by atoms with van der Waals surface area (Å²) in [5.74, 6) is 0. The summed E-state index contributed by atoms with van der Waals surface area (Å²) in [6, 6.07) is 15.9. The number of hydrogen-bond acceptors (Lipinski definition) is 2. The van der Waals surface area contributed by atoms with Gasteiger partial charge in [0.1, 0.15) is 0 Å². The summed E-state index contributed by atoms with van der Waals surface area (Å²) in [4.78, 5) is 0. The van der Waals surface area contributed by atoms with E-state index in [4.69, 9.17) is 17.3 Å². The molecule has 0 saturated carbocycles. The number of benzene rings is 2. The second-order valence-corrected chi connectivity index (χ2v) is 4.42. The third-order valence-electron chi connectivity index (χ3n) is 2.66. The number of hydrogen-bond donors (Lipinski definition) is 2. The Bertz CT molecular complexity index is 497. The van der Waals surface area contributed by atoms with Crippen molar-refractivity contribution >= 4 is 23.0 Å². The average molecular weight is 247 g/mol. The van der Waals surface area contributed by atoms with Crippen molar-refractivity contribution in [1.29, 1.82) is 0 Å². The Labute approximate surface area is 106 Å². The maximum absolute atomic E-state index is 6.12. The Morgan fingerprint density at radius 3 is 2.47 bits per heavy atom. The molecule has 3 N–H and O–H groups in total. The molecule has 3 heteroatoms. The fraction of sp³-hybridized carbons (Fsp3) is 0.143. The predicted octanol–water partition coefficient (Wildman–Crippen LogP) is 4.10. The second kappa shape index (κ2) is 5.11. The highest BCUT2D eigenvalue weighted by molar-refractivity contribution is 6.33. The van der Waals surface area contributed by atoms with Gasteiger partial charge in [-0.05, 0) is 30.7 Å². The van der Waals surface area contributed by atoms with E-state index in [9.17, 15) is 0 Å². The van der Waals surface area contributed by atoms with Crippen molar-refractivity contribution in [3.8, 4) is 0 Å². The number of nitrogen functional groups attached to an aromatic ring is 1.